The third-order valence-electron chi connectivity index (χ3n) is 3.25. The third-order valence-corrected chi connectivity index (χ3v) is 3.25. The predicted molar refractivity (Wildman–Crippen MR) is 73.0 cm³/mol. The van der Waals surface area contributed by atoms with E-state index in [-0.39, 0.29) is 0 Å². The van der Waals surface area contributed by atoms with E-state index in [4.69, 9.17) is 5.73 Å². The summed E-state index contributed by atoms with van der Waals surface area (Å²) < 4.78 is 0. The molecule has 0 saturated carbocycles. The number of rotatable bonds is 1. The minimum absolute atomic E-state index is 0.597. The topological polar surface area (TPSA) is 55.0 Å². The molecule has 0 atom stereocenters. The van der Waals surface area contributed by atoms with Gasteiger partial charge in [-0.3, -0.25) is 0 Å². The fraction of sp³-hybridized carbons (Fsp3) is 0.286. The molecule has 0 aliphatic carbocycles. The molecule has 3 rings (SSSR count). The van der Waals surface area contributed by atoms with Crippen LogP contribution in [0, 0.1) is 6.92 Å². The van der Waals surface area contributed by atoms with Crippen LogP contribution in [0.4, 0.5) is 17.3 Å². The van der Waals surface area contributed by atoms with E-state index >= 15 is 0 Å². The molecule has 92 valence electrons. The summed E-state index contributed by atoms with van der Waals surface area (Å²) in [6.07, 6.45) is 5.57. The number of aromatic nitrogens is 2. The van der Waals surface area contributed by atoms with Crippen molar-refractivity contribution in [2.75, 3.05) is 17.2 Å². The van der Waals surface area contributed by atoms with Crippen molar-refractivity contribution in [2.45, 2.75) is 19.8 Å². The maximum atomic E-state index is 5.63. The fourth-order valence-electron chi connectivity index (χ4n) is 2.40. The van der Waals surface area contributed by atoms with E-state index < -0.39 is 0 Å². The molecular weight excluding hydrogens is 224 g/mol. The highest BCUT2D eigenvalue weighted by Gasteiger charge is 2.19. The Morgan fingerprint density at radius 3 is 2.78 bits per heavy atom. The highest BCUT2D eigenvalue weighted by Crippen LogP contribution is 2.31. The van der Waals surface area contributed by atoms with Gasteiger partial charge in [0.05, 0.1) is 18.1 Å². The number of hydrogen-bond donors (Lipinski definition) is 1. The molecule has 1 aliphatic rings. The second-order valence-electron chi connectivity index (χ2n) is 4.70. The molecule has 0 bridgehead atoms. The van der Waals surface area contributed by atoms with Crippen LogP contribution in [0.5, 0.6) is 0 Å². The van der Waals surface area contributed by atoms with Crippen LogP contribution < -0.4 is 10.6 Å². The number of nitrogens with zero attached hydrogens (tertiary/aromatic N) is 3. The first kappa shape index (κ1) is 11.0. The van der Waals surface area contributed by atoms with E-state index in [0.29, 0.717) is 5.69 Å². The first-order valence-corrected chi connectivity index (χ1v) is 6.18. The highest BCUT2D eigenvalue weighted by atomic mass is 15.3. The maximum Gasteiger partial charge on any atom is 0.229 e. The van der Waals surface area contributed by atoms with Crippen molar-refractivity contribution in [2.24, 2.45) is 0 Å². The SMILES string of the molecule is Cc1ccc2c(c1)CCCN2c1ncc(N)cn1. The summed E-state index contributed by atoms with van der Waals surface area (Å²) in [6.45, 7) is 3.08. The number of hydrogen-bond acceptors (Lipinski definition) is 4. The Kier molecular flexibility index (Phi) is 2.63. The standard InChI is InChI=1S/C14H16N4/c1-10-4-5-13-11(7-10)3-2-6-18(13)14-16-8-12(15)9-17-14/h4-5,7-9H,2-3,6,15H2,1H3. The van der Waals surface area contributed by atoms with Gasteiger partial charge in [-0.1, -0.05) is 17.7 Å². The number of nitrogens with two attached hydrogens (primary N) is 1. The van der Waals surface area contributed by atoms with Crippen LogP contribution in [-0.4, -0.2) is 16.5 Å². The lowest BCUT2D eigenvalue weighted by Crippen LogP contribution is -2.26. The molecule has 1 aromatic carbocycles. The lowest BCUT2D eigenvalue weighted by Gasteiger charge is -2.29. The van der Waals surface area contributed by atoms with Gasteiger partial charge in [0, 0.05) is 12.2 Å². The Morgan fingerprint density at radius 2 is 2.00 bits per heavy atom. The Bertz CT molecular complexity index is 563. The van der Waals surface area contributed by atoms with E-state index in [2.05, 4.69) is 40.0 Å². The van der Waals surface area contributed by atoms with Gasteiger partial charge >= 0.3 is 0 Å². The second-order valence-corrected chi connectivity index (χ2v) is 4.70. The molecule has 1 aromatic heterocycles. The summed E-state index contributed by atoms with van der Waals surface area (Å²) >= 11 is 0. The predicted octanol–water partition coefficient (Wildman–Crippen LogP) is 2.45. The molecule has 0 saturated heterocycles. The Labute approximate surface area is 106 Å². The molecule has 4 nitrogen and oxygen atoms in total. The molecule has 0 spiro atoms. The lowest BCUT2D eigenvalue weighted by atomic mass is 10.00. The van der Waals surface area contributed by atoms with Crippen molar-refractivity contribution in [3.8, 4) is 0 Å². The summed E-state index contributed by atoms with van der Waals surface area (Å²) in [5.41, 5.74) is 10.1. The van der Waals surface area contributed by atoms with Crippen LogP contribution >= 0.6 is 0 Å². The van der Waals surface area contributed by atoms with Gasteiger partial charge in [0.15, 0.2) is 0 Å². The molecule has 2 aromatic rings. The summed E-state index contributed by atoms with van der Waals surface area (Å²) in [6, 6.07) is 6.54. The molecule has 0 unspecified atom stereocenters. The number of benzene rings is 1. The van der Waals surface area contributed by atoms with E-state index in [1.807, 2.05) is 0 Å². The average molecular weight is 240 g/mol. The number of aryl methyl sites for hydroxylation is 2. The lowest BCUT2D eigenvalue weighted by molar-refractivity contribution is 0.750. The monoisotopic (exact) mass is 240 g/mol. The van der Waals surface area contributed by atoms with Gasteiger partial charge < -0.3 is 10.6 Å². The molecule has 0 fully saturated rings. The smallest absolute Gasteiger partial charge is 0.229 e. The van der Waals surface area contributed by atoms with E-state index in [9.17, 15) is 0 Å². The largest absolute Gasteiger partial charge is 0.396 e. The maximum absolute atomic E-state index is 5.63. The van der Waals surface area contributed by atoms with Crippen LogP contribution in [0.3, 0.4) is 0 Å². The number of anilines is 3. The zero-order valence-corrected chi connectivity index (χ0v) is 10.4. The summed E-state index contributed by atoms with van der Waals surface area (Å²) in [4.78, 5) is 10.8. The zero-order chi connectivity index (χ0) is 12.5. The van der Waals surface area contributed by atoms with Crippen molar-refractivity contribution in [1.29, 1.82) is 0 Å². The van der Waals surface area contributed by atoms with Gasteiger partial charge in [-0.15, -0.1) is 0 Å². The van der Waals surface area contributed by atoms with Crippen LogP contribution in [0.25, 0.3) is 0 Å². The van der Waals surface area contributed by atoms with Crippen LogP contribution in [-0.2, 0) is 6.42 Å². The minimum Gasteiger partial charge on any atom is -0.396 e. The van der Waals surface area contributed by atoms with E-state index in [1.165, 1.54) is 16.8 Å². The van der Waals surface area contributed by atoms with Crippen LogP contribution in [0.2, 0.25) is 0 Å². The molecule has 1 aliphatic heterocycles. The zero-order valence-electron chi connectivity index (χ0n) is 10.4. The van der Waals surface area contributed by atoms with Crippen molar-refractivity contribution in [3.63, 3.8) is 0 Å². The molecule has 2 N–H and O–H groups in total. The molecule has 18 heavy (non-hydrogen) atoms. The van der Waals surface area contributed by atoms with Gasteiger partial charge in [-0.2, -0.15) is 0 Å². The van der Waals surface area contributed by atoms with Gasteiger partial charge in [-0.25, -0.2) is 9.97 Å². The van der Waals surface area contributed by atoms with E-state index in [1.54, 1.807) is 12.4 Å². The molecule has 4 heteroatoms. The Balaban J connectivity index is 2.03. The van der Waals surface area contributed by atoms with Crippen LogP contribution in [0.15, 0.2) is 30.6 Å². The van der Waals surface area contributed by atoms with Crippen molar-refractivity contribution >= 4 is 17.3 Å². The number of fused-ring (bicyclic) bond motifs is 1. The van der Waals surface area contributed by atoms with Crippen LogP contribution in [0.1, 0.15) is 17.5 Å². The number of nitrogen functional groups attached to an aromatic ring is 1. The molecule has 0 amide bonds. The highest BCUT2D eigenvalue weighted by molar-refractivity contribution is 5.64. The average Bonchev–Trinajstić information content (AvgIpc) is 2.38. The summed E-state index contributed by atoms with van der Waals surface area (Å²) in [5.74, 6) is 0.731. The normalized spacial score (nSPS) is 14.4. The summed E-state index contributed by atoms with van der Waals surface area (Å²) in [5, 5.41) is 0. The Morgan fingerprint density at radius 1 is 1.22 bits per heavy atom. The first-order chi connectivity index (χ1) is 8.74. The minimum atomic E-state index is 0.597. The van der Waals surface area contributed by atoms with Gasteiger partial charge in [0.1, 0.15) is 0 Å². The van der Waals surface area contributed by atoms with Crippen molar-refractivity contribution in [3.05, 3.63) is 41.7 Å². The first-order valence-electron chi connectivity index (χ1n) is 6.18. The molecular formula is C14H16N4. The third kappa shape index (κ3) is 1.90. The quantitative estimate of drug-likeness (QED) is 0.832. The Hall–Kier alpha value is -2.10. The molecule has 0 radical (unpaired) electrons. The second kappa shape index (κ2) is 4.29. The van der Waals surface area contributed by atoms with Crippen molar-refractivity contribution in [1.82, 2.24) is 9.97 Å². The van der Waals surface area contributed by atoms with Gasteiger partial charge in [-0.05, 0) is 31.4 Å². The molecule has 2 heterocycles. The van der Waals surface area contributed by atoms with Gasteiger partial charge in [0.25, 0.3) is 0 Å². The van der Waals surface area contributed by atoms with Crippen molar-refractivity contribution < 1.29 is 0 Å². The van der Waals surface area contributed by atoms with E-state index in [0.717, 1.165) is 25.3 Å². The van der Waals surface area contributed by atoms with Gasteiger partial charge in [0.2, 0.25) is 5.95 Å². The summed E-state index contributed by atoms with van der Waals surface area (Å²) in [7, 11) is 0. The fourth-order valence-corrected chi connectivity index (χ4v) is 2.40.